The molecule has 0 saturated carbocycles. The van der Waals surface area contributed by atoms with Crippen LogP contribution in [0.5, 0.6) is 5.75 Å². The van der Waals surface area contributed by atoms with Crippen molar-refractivity contribution in [1.82, 2.24) is 0 Å². The van der Waals surface area contributed by atoms with Crippen LogP contribution < -0.4 is 4.74 Å². The van der Waals surface area contributed by atoms with Crippen molar-refractivity contribution in [3.8, 4) is 16.9 Å². The standard InChI is InChI=1S/C13H8Cl3FO/c1-18-13-3-2-7(17)4-9(13)8-5-11(15)12(16)6-10(8)14/h2-6H,1H3. The van der Waals surface area contributed by atoms with Crippen LogP contribution >= 0.6 is 34.8 Å². The molecule has 0 saturated heterocycles. The van der Waals surface area contributed by atoms with Crippen LogP contribution in [0.15, 0.2) is 30.3 Å². The Balaban J connectivity index is 2.68. The Morgan fingerprint density at radius 3 is 2.22 bits per heavy atom. The smallest absolute Gasteiger partial charge is 0.126 e. The molecule has 0 bridgehead atoms. The monoisotopic (exact) mass is 304 g/mol. The second kappa shape index (κ2) is 5.35. The van der Waals surface area contributed by atoms with Crippen LogP contribution in [0, 0.1) is 5.82 Å². The fraction of sp³-hybridized carbons (Fsp3) is 0.0769. The maximum Gasteiger partial charge on any atom is 0.126 e. The van der Waals surface area contributed by atoms with Crippen molar-refractivity contribution in [3.63, 3.8) is 0 Å². The van der Waals surface area contributed by atoms with E-state index in [2.05, 4.69) is 0 Å². The Morgan fingerprint density at radius 2 is 1.56 bits per heavy atom. The normalized spacial score (nSPS) is 10.5. The zero-order valence-electron chi connectivity index (χ0n) is 9.31. The molecule has 18 heavy (non-hydrogen) atoms. The predicted molar refractivity (Wildman–Crippen MR) is 73.4 cm³/mol. The summed E-state index contributed by atoms with van der Waals surface area (Å²) < 4.78 is 18.5. The molecule has 0 N–H and O–H groups in total. The van der Waals surface area contributed by atoms with Crippen molar-refractivity contribution in [2.24, 2.45) is 0 Å². The van der Waals surface area contributed by atoms with E-state index < -0.39 is 0 Å². The van der Waals surface area contributed by atoms with Crippen molar-refractivity contribution in [1.29, 1.82) is 0 Å². The van der Waals surface area contributed by atoms with Gasteiger partial charge in [0.25, 0.3) is 0 Å². The first-order valence-electron chi connectivity index (χ1n) is 5.01. The number of benzene rings is 2. The van der Waals surface area contributed by atoms with E-state index in [9.17, 15) is 4.39 Å². The molecule has 0 spiro atoms. The third kappa shape index (κ3) is 2.56. The molecule has 0 aromatic heterocycles. The first-order valence-corrected chi connectivity index (χ1v) is 6.14. The Labute approximate surface area is 119 Å². The summed E-state index contributed by atoms with van der Waals surface area (Å²) >= 11 is 17.9. The van der Waals surface area contributed by atoms with E-state index in [4.69, 9.17) is 39.5 Å². The van der Waals surface area contributed by atoms with E-state index in [1.54, 1.807) is 6.07 Å². The van der Waals surface area contributed by atoms with Crippen molar-refractivity contribution < 1.29 is 9.13 Å². The largest absolute Gasteiger partial charge is 0.496 e. The summed E-state index contributed by atoms with van der Waals surface area (Å²) in [6.07, 6.45) is 0. The summed E-state index contributed by atoms with van der Waals surface area (Å²) in [5, 5.41) is 1.08. The molecule has 0 atom stereocenters. The molecule has 0 heterocycles. The van der Waals surface area contributed by atoms with Gasteiger partial charge >= 0.3 is 0 Å². The van der Waals surface area contributed by atoms with E-state index in [-0.39, 0.29) is 5.82 Å². The highest BCUT2D eigenvalue weighted by atomic mass is 35.5. The van der Waals surface area contributed by atoms with Gasteiger partial charge in [0, 0.05) is 11.1 Å². The highest BCUT2D eigenvalue weighted by Gasteiger charge is 2.13. The first-order chi connectivity index (χ1) is 8.52. The molecule has 0 unspecified atom stereocenters. The summed E-state index contributed by atoms with van der Waals surface area (Å²) in [5.41, 5.74) is 1.10. The Hall–Kier alpha value is -0.960. The second-order valence-corrected chi connectivity index (χ2v) is 4.81. The number of halogens is 4. The molecule has 0 aliphatic heterocycles. The zero-order chi connectivity index (χ0) is 13.3. The van der Waals surface area contributed by atoms with Crippen molar-refractivity contribution >= 4 is 34.8 Å². The average Bonchev–Trinajstić information content (AvgIpc) is 2.34. The van der Waals surface area contributed by atoms with Gasteiger partial charge < -0.3 is 4.74 Å². The van der Waals surface area contributed by atoms with Gasteiger partial charge in [0.05, 0.1) is 22.2 Å². The van der Waals surface area contributed by atoms with Gasteiger partial charge in [-0.25, -0.2) is 4.39 Å². The molecule has 0 amide bonds. The lowest BCUT2D eigenvalue weighted by atomic mass is 10.0. The molecular formula is C13H8Cl3FO. The SMILES string of the molecule is COc1ccc(F)cc1-c1cc(Cl)c(Cl)cc1Cl. The minimum absolute atomic E-state index is 0.348. The van der Waals surface area contributed by atoms with E-state index in [1.807, 2.05) is 0 Å². The molecule has 0 radical (unpaired) electrons. The molecule has 0 aliphatic carbocycles. The second-order valence-electron chi connectivity index (χ2n) is 3.59. The van der Waals surface area contributed by atoms with Crippen LogP contribution in [0.25, 0.3) is 11.1 Å². The molecular weight excluding hydrogens is 297 g/mol. The molecule has 94 valence electrons. The Morgan fingerprint density at radius 1 is 0.889 bits per heavy atom. The van der Waals surface area contributed by atoms with Gasteiger partial charge in [-0.3, -0.25) is 0 Å². The number of ether oxygens (including phenoxy) is 1. The summed E-state index contributed by atoms with van der Waals surface area (Å²) in [6.45, 7) is 0. The molecule has 0 aliphatic rings. The van der Waals surface area contributed by atoms with Gasteiger partial charge in [0.15, 0.2) is 0 Å². The van der Waals surface area contributed by atoms with Gasteiger partial charge in [-0.2, -0.15) is 0 Å². The van der Waals surface area contributed by atoms with E-state index in [1.165, 1.54) is 31.4 Å². The number of rotatable bonds is 2. The zero-order valence-corrected chi connectivity index (χ0v) is 11.6. The van der Waals surface area contributed by atoms with Crippen LogP contribution in [0.1, 0.15) is 0 Å². The van der Waals surface area contributed by atoms with E-state index in [0.717, 1.165) is 0 Å². The third-order valence-electron chi connectivity index (χ3n) is 2.46. The van der Waals surface area contributed by atoms with Gasteiger partial charge in [-0.15, -0.1) is 0 Å². The van der Waals surface area contributed by atoms with Crippen LogP contribution in [-0.2, 0) is 0 Å². The number of hydrogen-bond acceptors (Lipinski definition) is 1. The summed E-state index contributed by atoms with van der Waals surface area (Å²) in [6, 6.07) is 7.29. The fourth-order valence-corrected chi connectivity index (χ4v) is 2.27. The maximum absolute atomic E-state index is 13.3. The quantitative estimate of drug-likeness (QED) is 0.669. The van der Waals surface area contributed by atoms with Crippen LogP contribution in [0.3, 0.4) is 0 Å². The highest BCUT2D eigenvalue weighted by molar-refractivity contribution is 6.44. The molecule has 2 rings (SSSR count). The molecule has 5 heteroatoms. The Bertz CT molecular complexity index is 599. The average molecular weight is 306 g/mol. The van der Waals surface area contributed by atoms with Crippen LogP contribution in [0.2, 0.25) is 15.1 Å². The summed E-state index contributed by atoms with van der Waals surface area (Å²) in [7, 11) is 1.50. The van der Waals surface area contributed by atoms with Crippen LogP contribution in [-0.4, -0.2) is 7.11 Å². The topological polar surface area (TPSA) is 9.23 Å². The van der Waals surface area contributed by atoms with Gasteiger partial charge in [-0.1, -0.05) is 34.8 Å². The van der Waals surface area contributed by atoms with Crippen molar-refractivity contribution in [2.75, 3.05) is 7.11 Å². The number of hydrogen-bond donors (Lipinski definition) is 0. The number of methoxy groups -OCH3 is 1. The lowest BCUT2D eigenvalue weighted by Gasteiger charge is -2.11. The third-order valence-corrected chi connectivity index (χ3v) is 3.50. The molecule has 1 nitrogen and oxygen atoms in total. The van der Waals surface area contributed by atoms with Crippen molar-refractivity contribution in [3.05, 3.63) is 51.2 Å². The lowest BCUT2D eigenvalue weighted by molar-refractivity contribution is 0.415. The van der Waals surface area contributed by atoms with E-state index in [0.29, 0.717) is 31.9 Å². The summed E-state index contributed by atoms with van der Waals surface area (Å²) in [5.74, 6) is 0.129. The first kappa shape index (κ1) is 13.5. The van der Waals surface area contributed by atoms with Crippen LogP contribution in [0.4, 0.5) is 4.39 Å². The fourth-order valence-electron chi connectivity index (χ4n) is 1.62. The molecule has 2 aromatic carbocycles. The van der Waals surface area contributed by atoms with Gasteiger partial charge in [-0.05, 0) is 30.3 Å². The van der Waals surface area contributed by atoms with Crippen molar-refractivity contribution in [2.45, 2.75) is 0 Å². The lowest BCUT2D eigenvalue weighted by Crippen LogP contribution is -1.90. The van der Waals surface area contributed by atoms with Gasteiger partial charge in [0.1, 0.15) is 11.6 Å². The molecule has 0 fully saturated rings. The van der Waals surface area contributed by atoms with Gasteiger partial charge in [0.2, 0.25) is 0 Å². The summed E-state index contributed by atoms with van der Waals surface area (Å²) in [4.78, 5) is 0. The maximum atomic E-state index is 13.3. The minimum atomic E-state index is -0.382. The Kier molecular flexibility index (Phi) is 4.00. The predicted octanol–water partition coefficient (Wildman–Crippen LogP) is 5.46. The highest BCUT2D eigenvalue weighted by Crippen LogP contribution is 2.39. The minimum Gasteiger partial charge on any atom is -0.496 e. The molecule has 2 aromatic rings. The van der Waals surface area contributed by atoms with E-state index >= 15 is 0 Å².